The van der Waals surface area contributed by atoms with Crippen molar-refractivity contribution in [1.29, 1.82) is 0 Å². The monoisotopic (exact) mass is 247 g/mol. The molecule has 0 saturated carbocycles. The van der Waals surface area contributed by atoms with E-state index in [9.17, 15) is 10.1 Å². The van der Waals surface area contributed by atoms with E-state index in [1.165, 1.54) is 0 Å². The van der Waals surface area contributed by atoms with Gasteiger partial charge >= 0.3 is 5.69 Å². The van der Waals surface area contributed by atoms with Gasteiger partial charge < -0.3 is 10.5 Å². The molecule has 0 atom stereocenters. The molecule has 2 N–H and O–H groups in total. The fourth-order valence-electron chi connectivity index (χ4n) is 1.69. The molecule has 6 heteroatoms. The fraction of sp³-hybridized carbons (Fsp3) is 0.250. The summed E-state index contributed by atoms with van der Waals surface area (Å²) in [6.45, 7) is 0.853. The first kappa shape index (κ1) is 12.3. The van der Waals surface area contributed by atoms with Crippen LogP contribution in [0.4, 0.5) is 5.69 Å². The summed E-state index contributed by atoms with van der Waals surface area (Å²) in [5.74, 6) is 0.258. The van der Waals surface area contributed by atoms with E-state index in [-0.39, 0.29) is 11.4 Å². The Morgan fingerprint density at radius 1 is 1.39 bits per heavy atom. The molecule has 0 fully saturated rings. The van der Waals surface area contributed by atoms with Crippen LogP contribution in [0, 0.1) is 10.1 Å². The number of hydrogen-bond donors (Lipinski definition) is 1. The summed E-state index contributed by atoms with van der Waals surface area (Å²) < 4.78 is 5.40. The Labute approximate surface area is 104 Å². The third-order valence-electron chi connectivity index (χ3n) is 2.51. The van der Waals surface area contributed by atoms with Gasteiger partial charge in [-0.25, -0.2) is 0 Å². The Morgan fingerprint density at radius 3 is 2.94 bits per heavy atom. The third kappa shape index (κ3) is 2.38. The summed E-state index contributed by atoms with van der Waals surface area (Å²) in [6.07, 6.45) is 2.25. The maximum Gasteiger partial charge on any atom is 0.320 e. The molecule has 2 aromatic rings. The summed E-state index contributed by atoms with van der Waals surface area (Å²) in [5, 5.41) is 11.6. The highest BCUT2D eigenvalue weighted by Crippen LogP contribution is 2.34. The van der Waals surface area contributed by atoms with E-state index in [2.05, 4.69) is 4.98 Å². The molecule has 6 nitrogen and oxygen atoms in total. The van der Waals surface area contributed by atoms with Crippen LogP contribution in [0.3, 0.4) is 0 Å². The minimum atomic E-state index is -0.443. The second kappa shape index (κ2) is 5.42. The quantitative estimate of drug-likeness (QED) is 0.494. The number of benzene rings is 1. The highest BCUT2D eigenvalue weighted by Gasteiger charge is 2.19. The van der Waals surface area contributed by atoms with Crippen LogP contribution in [-0.2, 0) is 0 Å². The zero-order chi connectivity index (χ0) is 13.0. The van der Waals surface area contributed by atoms with Crippen molar-refractivity contribution in [2.75, 3.05) is 13.2 Å². The Balaban J connectivity index is 2.46. The van der Waals surface area contributed by atoms with Crippen molar-refractivity contribution in [2.45, 2.75) is 6.42 Å². The average Bonchev–Trinajstić information content (AvgIpc) is 2.38. The number of aromatic nitrogens is 1. The van der Waals surface area contributed by atoms with E-state index >= 15 is 0 Å². The summed E-state index contributed by atoms with van der Waals surface area (Å²) in [4.78, 5) is 14.8. The van der Waals surface area contributed by atoms with Gasteiger partial charge in [0.05, 0.1) is 22.4 Å². The molecule has 0 bridgehead atoms. The summed E-state index contributed by atoms with van der Waals surface area (Å²) in [7, 11) is 0. The lowest BCUT2D eigenvalue weighted by atomic mass is 10.1. The number of rotatable bonds is 5. The average molecular weight is 247 g/mol. The van der Waals surface area contributed by atoms with E-state index in [0.717, 1.165) is 0 Å². The predicted molar refractivity (Wildman–Crippen MR) is 67.6 cm³/mol. The largest absolute Gasteiger partial charge is 0.487 e. The summed E-state index contributed by atoms with van der Waals surface area (Å²) in [5.41, 5.74) is 5.89. The molecular formula is C12H13N3O3. The van der Waals surface area contributed by atoms with Gasteiger partial charge in [-0.2, -0.15) is 0 Å². The first-order chi connectivity index (χ1) is 8.74. The Kier molecular flexibility index (Phi) is 3.69. The van der Waals surface area contributed by atoms with Crippen LogP contribution < -0.4 is 10.5 Å². The van der Waals surface area contributed by atoms with Crippen LogP contribution in [0.25, 0.3) is 10.9 Å². The van der Waals surface area contributed by atoms with Crippen molar-refractivity contribution < 1.29 is 9.66 Å². The smallest absolute Gasteiger partial charge is 0.320 e. The topological polar surface area (TPSA) is 91.3 Å². The van der Waals surface area contributed by atoms with Gasteiger partial charge in [0.15, 0.2) is 5.75 Å². The maximum atomic E-state index is 11.1. The summed E-state index contributed by atoms with van der Waals surface area (Å²) in [6, 6.07) is 6.61. The zero-order valence-electron chi connectivity index (χ0n) is 9.70. The van der Waals surface area contributed by atoms with E-state index < -0.39 is 4.92 Å². The number of ether oxygens (including phenoxy) is 1. The number of nitrogens with zero attached hydrogens (tertiary/aromatic N) is 2. The minimum Gasteiger partial charge on any atom is -0.487 e. The number of nitrogens with two attached hydrogens (primary N) is 1. The van der Waals surface area contributed by atoms with Gasteiger partial charge in [-0.3, -0.25) is 15.1 Å². The molecule has 0 spiro atoms. The number of hydrogen-bond acceptors (Lipinski definition) is 5. The number of pyridine rings is 1. The van der Waals surface area contributed by atoms with Crippen LogP contribution >= 0.6 is 0 Å². The molecule has 94 valence electrons. The molecule has 0 aliphatic heterocycles. The number of nitro groups is 1. The Morgan fingerprint density at radius 2 is 2.22 bits per heavy atom. The molecule has 0 saturated heterocycles. The van der Waals surface area contributed by atoms with Gasteiger partial charge in [0.1, 0.15) is 0 Å². The SMILES string of the molecule is NCCCOc1ccc2ncccc2c1[N+](=O)[O-]. The van der Waals surface area contributed by atoms with Crippen molar-refractivity contribution in [1.82, 2.24) is 4.98 Å². The van der Waals surface area contributed by atoms with E-state index in [0.29, 0.717) is 30.5 Å². The molecule has 0 aliphatic carbocycles. The van der Waals surface area contributed by atoms with Crippen LogP contribution in [0.2, 0.25) is 0 Å². The number of fused-ring (bicyclic) bond motifs is 1. The van der Waals surface area contributed by atoms with Gasteiger partial charge in [0.25, 0.3) is 0 Å². The molecule has 1 aromatic heterocycles. The molecule has 18 heavy (non-hydrogen) atoms. The van der Waals surface area contributed by atoms with Crippen LogP contribution in [-0.4, -0.2) is 23.1 Å². The molecule has 1 aromatic carbocycles. The molecule has 0 unspecified atom stereocenters. The fourth-order valence-corrected chi connectivity index (χ4v) is 1.69. The lowest BCUT2D eigenvalue weighted by Gasteiger charge is -2.07. The summed E-state index contributed by atoms with van der Waals surface area (Å²) >= 11 is 0. The third-order valence-corrected chi connectivity index (χ3v) is 2.51. The second-order valence-corrected chi connectivity index (χ2v) is 3.73. The van der Waals surface area contributed by atoms with E-state index in [4.69, 9.17) is 10.5 Å². The van der Waals surface area contributed by atoms with Crippen LogP contribution in [0.1, 0.15) is 6.42 Å². The first-order valence-corrected chi connectivity index (χ1v) is 5.59. The second-order valence-electron chi connectivity index (χ2n) is 3.73. The van der Waals surface area contributed by atoms with Crippen molar-refractivity contribution in [3.8, 4) is 5.75 Å². The molecule has 0 amide bonds. The van der Waals surface area contributed by atoms with Crippen LogP contribution in [0.5, 0.6) is 5.75 Å². The lowest BCUT2D eigenvalue weighted by molar-refractivity contribution is -0.384. The first-order valence-electron chi connectivity index (χ1n) is 5.59. The van der Waals surface area contributed by atoms with Crippen molar-refractivity contribution >= 4 is 16.6 Å². The highest BCUT2D eigenvalue weighted by atomic mass is 16.6. The van der Waals surface area contributed by atoms with E-state index in [1.807, 2.05) is 0 Å². The molecule has 1 heterocycles. The normalized spacial score (nSPS) is 10.5. The van der Waals surface area contributed by atoms with Gasteiger partial charge in [-0.1, -0.05) is 0 Å². The number of nitro benzene ring substituents is 1. The highest BCUT2D eigenvalue weighted by molar-refractivity contribution is 5.90. The Hall–Kier alpha value is -2.21. The molecule has 2 rings (SSSR count). The molecule has 0 radical (unpaired) electrons. The van der Waals surface area contributed by atoms with Crippen molar-refractivity contribution in [3.63, 3.8) is 0 Å². The van der Waals surface area contributed by atoms with Gasteiger partial charge in [0, 0.05) is 6.20 Å². The Bertz CT molecular complexity index is 571. The molecular weight excluding hydrogens is 234 g/mol. The minimum absolute atomic E-state index is 0.0439. The lowest BCUT2D eigenvalue weighted by Crippen LogP contribution is -2.07. The molecule has 0 aliphatic rings. The van der Waals surface area contributed by atoms with E-state index in [1.54, 1.807) is 30.5 Å². The van der Waals surface area contributed by atoms with Gasteiger partial charge in [-0.15, -0.1) is 0 Å². The van der Waals surface area contributed by atoms with Crippen molar-refractivity contribution in [2.24, 2.45) is 5.73 Å². The van der Waals surface area contributed by atoms with Crippen LogP contribution in [0.15, 0.2) is 30.5 Å². The standard InChI is InChI=1S/C12H13N3O3/c13-6-2-8-18-11-5-4-10-9(3-1-7-14-10)12(11)15(16)17/h1,3-5,7H,2,6,8,13H2. The zero-order valence-corrected chi connectivity index (χ0v) is 9.70. The van der Waals surface area contributed by atoms with Crippen molar-refractivity contribution in [3.05, 3.63) is 40.6 Å². The predicted octanol–water partition coefficient (Wildman–Crippen LogP) is 1.87. The van der Waals surface area contributed by atoms with Gasteiger partial charge in [0.2, 0.25) is 0 Å². The maximum absolute atomic E-state index is 11.1. The van der Waals surface area contributed by atoms with Gasteiger partial charge in [-0.05, 0) is 37.2 Å².